The van der Waals surface area contributed by atoms with Gasteiger partial charge in [-0.15, -0.1) is 0 Å². The fourth-order valence-electron chi connectivity index (χ4n) is 4.26. The standard InChI is InChI=1S/C24H24FN3O5S/c1-31-19-5-2-14(8-20(19)33-17-6-7-32-13-17)15-9-23(30)28(11-15)12-22(29)27-24-26-18-4-3-16(25)10-21(18)34-24/h2-5,8,10,15,17H,6-7,9,11-13H2,1H3,(H,26,27,29)/t15-,17-/m1/s1. The van der Waals surface area contributed by atoms with Gasteiger partial charge in [0.15, 0.2) is 16.6 Å². The van der Waals surface area contributed by atoms with Crippen molar-refractivity contribution >= 4 is 38.5 Å². The van der Waals surface area contributed by atoms with Crippen LogP contribution in [0.15, 0.2) is 36.4 Å². The van der Waals surface area contributed by atoms with E-state index in [0.717, 1.165) is 12.0 Å². The predicted molar refractivity (Wildman–Crippen MR) is 125 cm³/mol. The average Bonchev–Trinajstić information content (AvgIpc) is 3.54. The van der Waals surface area contributed by atoms with Crippen molar-refractivity contribution in [3.8, 4) is 11.5 Å². The summed E-state index contributed by atoms with van der Waals surface area (Å²) in [6, 6.07) is 9.96. The molecular weight excluding hydrogens is 461 g/mol. The van der Waals surface area contributed by atoms with Gasteiger partial charge in [-0.3, -0.25) is 9.59 Å². The topological polar surface area (TPSA) is 90.0 Å². The van der Waals surface area contributed by atoms with Gasteiger partial charge in [0.25, 0.3) is 0 Å². The molecule has 178 valence electrons. The Morgan fingerprint density at radius 1 is 1.29 bits per heavy atom. The molecule has 2 aromatic carbocycles. The van der Waals surface area contributed by atoms with Gasteiger partial charge in [-0.2, -0.15) is 0 Å². The lowest BCUT2D eigenvalue weighted by Gasteiger charge is -2.18. The van der Waals surface area contributed by atoms with Crippen LogP contribution in [0, 0.1) is 5.82 Å². The molecule has 2 fully saturated rings. The molecule has 5 rings (SSSR count). The molecule has 3 aromatic rings. The predicted octanol–water partition coefficient (Wildman–Crippen LogP) is 3.57. The summed E-state index contributed by atoms with van der Waals surface area (Å²) in [5.74, 6) is 0.422. The van der Waals surface area contributed by atoms with Crippen LogP contribution in [0.3, 0.4) is 0 Å². The second-order valence-corrected chi connectivity index (χ2v) is 9.40. The minimum atomic E-state index is -0.355. The summed E-state index contributed by atoms with van der Waals surface area (Å²) in [5, 5.41) is 3.10. The maximum atomic E-state index is 13.4. The number of likely N-dealkylation sites (tertiary alicyclic amines) is 1. The van der Waals surface area contributed by atoms with Crippen molar-refractivity contribution in [3.05, 3.63) is 47.8 Å². The number of halogens is 1. The third-order valence-corrected chi connectivity index (χ3v) is 6.92. The molecule has 0 aliphatic carbocycles. The number of rotatable bonds is 7. The fraction of sp³-hybridized carbons (Fsp3) is 0.375. The molecule has 3 heterocycles. The highest BCUT2D eigenvalue weighted by molar-refractivity contribution is 7.22. The van der Waals surface area contributed by atoms with Crippen molar-refractivity contribution in [2.24, 2.45) is 0 Å². The monoisotopic (exact) mass is 485 g/mol. The Kier molecular flexibility index (Phi) is 6.34. The Bertz CT molecular complexity index is 1230. The summed E-state index contributed by atoms with van der Waals surface area (Å²) in [5.41, 5.74) is 1.57. The largest absolute Gasteiger partial charge is 0.493 e. The normalized spacial score (nSPS) is 20.2. The first kappa shape index (κ1) is 22.5. The van der Waals surface area contributed by atoms with E-state index in [1.54, 1.807) is 18.1 Å². The molecule has 1 N–H and O–H groups in total. The van der Waals surface area contributed by atoms with Gasteiger partial charge in [-0.25, -0.2) is 9.37 Å². The molecule has 2 atom stereocenters. The number of methoxy groups -OCH3 is 1. The molecule has 34 heavy (non-hydrogen) atoms. The van der Waals surface area contributed by atoms with E-state index in [2.05, 4.69) is 10.3 Å². The number of hydrogen-bond acceptors (Lipinski definition) is 7. The van der Waals surface area contributed by atoms with Crippen molar-refractivity contribution in [2.45, 2.75) is 24.9 Å². The molecule has 2 aliphatic rings. The highest BCUT2D eigenvalue weighted by atomic mass is 32.1. The van der Waals surface area contributed by atoms with Crippen molar-refractivity contribution in [1.29, 1.82) is 0 Å². The van der Waals surface area contributed by atoms with E-state index in [1.165, 1.54) is 23.5 Å². The summed E-state index contributed by atoms with van der Waals surface area (Å²) in [6.45, 7) is 1.57. The van der Waals surface area contributed by atoms with E-state index in [9.17, 15) is 14.0 Å². The molecule has 8 nitrogen and oxygen atoms in total. The fourth-order valence-corrected chi connectivity index (χ4v) is 5.16. The first-order valence-electron chi connectivity index (χ1n) is 11.0. The zero-order valence-electron chi connectivity index (χ0n) is 18.6. The average molecular weight is 486 g/mol. The molecule has 2 amide bonds. The minimum Gasteiger partial charge on any atom is -0.493 e. The number of benzene rings is 2. The maximum Gasteiger partial charge on any atom is 0.245 e. The number of fused-ring (bicyclic) bond motifs is 1. The van der Waals surface area contributed by atoms with Crippen LogP contribution in [-0.4, -0.2) is 61.2 Å². The van der Waals surface area contributed by atoms with E-state index < -0.39 is 0 Å². The van der Waals surface area contributed by atoms with E-state index in [4.69, 9.17) is 14.2 Å². The number of ether oxygens (including phenoxy) is 3. The van der Waals surface area contributed by atoms with Crippen LogP contribution in [0.2, 0.25) is 0 Å². The number of hydrogen-bond donors (Lipinski definition) is 1. The van der Waals surface area contributed by atoms with Crippen molar-refractivity contribution in [2.75, 3.05) is 38.7 Å². The number of thiazole rings is 1. The van der Waals surface area contributed by atoms with Gasteiger partial charge in [0, 0.05) is 25.3 Å². The Labute approximate surface area is 199 Å². The molecular formula is C24H24FN3O5S. The van der Waals surface area contributed by atoms with Crippen LogP contribution < -0.4 is 14.8 Å². The number of carbonyl (C=O) groups is 2. The first-order chi connectivity index (χ1) is 16.5. The lowest BCUT2D eigenvalue weighted by Crippen LogP contribution is -2.34. The SMILES string of the molecule is COc1ccc([C@@H]2CC(=O)N(CC(=O)Nc3nc4ccc(F)cc4s3)C2)cc1O[C@@H]1CCOC1. The van der Waals surface area contributed by atoms with Crippen LogP contribution in [0.5, 0.6) is 11.5 Å². The number of nitrogens with one attached hydrogen (secondary N) is 1. The summed E-state index contributed by atoms with van der Waals surface area (Å²) < 4.78 is 30.9. The first-order valence-corrected chi connectivity index (χ1v) is 11.9. The van der Waals surface area contributed by atoms with Gasteiger partial charge >= 0.3 is 0 Å². The summed E-state index contributed by atoms with van der Waals surface area (Å²) in [7, 11) is 1.59. The summed E-state index contributed by atoms with van der Waals surface area (Å²) >= 11 is 1.19. The Balaban J connectivity index is 1.23. The highest BCUT2D eigenvalue weighted by Crippen LogP contribution is 2.36. The van der Waals surface area contributed by atoms with Crippen molar-refractivity contribution < 1.29 is 28.2 Å². The molecule has 10 heteroatoms. The molecule has 0 radical (unpaired) electrons. The third kappa shape index (κ3) is 4.83. The van der Waals surface area contributed by atoms with Crippen LogP contribution in [-0.2, 0) is 14.3 Å². The van der Waals surface area contributed by atoms with Gasteiger partial charge < -0.3 is 24.4 Å². The Morgan fingerprint density at radius 2 is 2.18 bits per heavy atom. The van der Waals surface area contributed by atoms with Gasteiger partial charge in [0.05, 0.1) is 37.1 Å². The second kappa shape index (κ2) is 9.55. The lowest BCUT2D eigenvalue weighted by atomic mass is 9.98. The van der Waals surface area contributed by atoms with E-state index in [-0.39, 0.29) is 36.2 Å². The van der Waals surface area contributed by atoms with Crippen LogP contribution >= 0.6 is 11.3 Å². The molecule has 0 bridgehead atoms. The van der Waals surface area contributed by atoms with Crippen LogP contribution in [0.4, 0.5) is 9.52 Å². The number of aromatic nitrogens is 1. The maximum absolute atomic E-state index is 13.4. The zero-order chi connectivity index (χ0) is 23.7. The summed E-state index contributed by atoms with van der Waals surface area (Å²) in [4.78, 5) is 31.0. The van der Waals surface area contributed by atoms with Crippen molar-refractivity contribution in [1.82, 2.24) is 9.88 Å². The van der Waals surface area contributed by atoms with Crippen molar-refractivity contribution in [3.63, 3.8) is 0 Å². The van der Waals surface area contributed by atoms with Gasteiger partial charge in [-0.05, 0) is 35.9 Å². The number of amides is 2. The molecule has 0 saturated carbocycles. The smallest absolute Gasteiger partial charge is 0.245 e. The quantitative estimate of drug-likeness (QED) is 0.550. The number of nitrogens with zero attached hydrogens (tertiary/aromatic N) is 2. The molecule has 1 aromatic heterocycles. The number of carbonyl (C=O) groups excluding carboxylic acids is 2. The molecule has 2 aliphatic heterocycles. The Hall–Kier alpha value is -3.24. The minimum absolute atomic E-state index is 0.0199. The van der Waals surface area contributed by atoms with Crippen LogP contribution in [0.25, 0.3) is 10.2 Å². The van der Waals surface area contributed by atoms with Gasteiger partial charge in [0.1, 0.15) is 11.9 Å². The number of anilines is 1. The molecule has 0 spiro atoms. The van der Waals surface area contributed by atoms with E-state index in [0.29, 0.717) is 53.0 Å². The Morgan fingerprint density at radius 3 is 2.97 bits per heavy atom. The zero-order valence-corrected chi connectivity index (χ0v) is 19.4. The molecule has 2 saturated heterocycles. The summed E-state index contributed by atoms with van der Waals surface area (Å²) in [6.07, 6.45) is 1.11. The highest BCUT2D eigenvalue weighted by Gasteiger charge is 2.32. The lowest BCUT2D eigenvalue weighted by molar-refractivity contribution is -0.131. The van der Waals surface area contributed by atoms with E-state index >= 15 is 0 Å². The van der Waals surface area contributed by atoms with Crippen LogP contribution in [0.1, 0.15) is 24.3 Å². The van der Waals surface area contributed by atoms with E-state index in [1.807, 2.05) is 18.2 Å². The third-order valence-electron chi connectivity index (χ3n) is 5.99. The van der Waals surface area contributed by atoms with Gasteiger partial charge in [-0.1, -0.05) is 17.4 Å². The van der Waals surface area contributed by atoms with Gasteiger partial charge in [0.2, 0.25) is 11.8 Å². The second-order valence-electron chi connectivity index (χ2n) is 8.37. The molecule has 0 unspecified atom stereocenters.